The van der Waals surface area contributed by atoms with Gasteiger partial charge in [-0.25, -0.2) is 9.37 Å². The van der Waals surface area contributed by atoms with Crippen molar-refractivity contribution >= 4 is 11.3 Å². The van der Waals surface area contributed by atoms with Crippen molar-refractivity contribution in [1.82, 2.24) is 4.98 Å². The summed E-state index contributed by atoms with van der Waals surface area (Å²) in [6.45, 7) is 1.71. The molecule has 2 aromatic rings. The van der Waals surface area contributed by atoms with Gasteiger partial charge in [0.15, 0.2) is 5.01 Å². The number of nitrogens with zero attached hydrogens (tertiary/aromatic N) is 1. The molecule has 0 radical (unpaired) electrons. The molecule has 0 aliphatic carbocycles. The molecule has 0 amide bonds. The van der Waals surface area contributed by atoms with Gasteiger partial charge in [-0.1, -0.05) is 6.07 Å². The summed E-state index contributed by atoms with van der Waals surface area (Å²) in [4.78, 5) is 3.41. The molecule has 0 saturated heterocycles. The lowest BCUT2D eigenvalue weighted by Gasteiger charge is -2.08. The zero-order valence-corrected chi connectivity index (χ0v) is 10.6. The Labute approximate surface area is 110 Å². The summed E-state index contributed by atoms with van der Waals surface area (Å²) >= 11 is 0.411. The van der Waals surface area contributed by atoms with E-state index < -0.39 is 17.0 Å². The Morgan fingerprint density at radius 2 is 2.00 bits per heavy atom. The molecule has 102 valence electrons. The number of nitrogens with two attached hydrogens (primary N) is 1. The minimum Gasteiger partial charge on any atom is -0.324 e. The van der Waals surface area contributed by atoms with E-state index in [4.69, 9.17) is 5.73 Å². The first-order chi connectivity index (χ1) is 8.79. The third-order valence-electron chi connectivity index (χ3n) is 2.53. The monoisotopic (exact) mass is 290 g/mol. The highest BCUT2D eigenvalue weighted by atomic mass is 32.1. The van der Waals surface area contributed by atoms with Crippen molar-refractivity contribution in [3.8, 4) is 10.4 Å². The molecule has 1 unspecified atom stereocenters. The summed E-state index contributed by atoms with van der Waals surface area (Å²) in [6.07, 6.45) is -3.49. The zero-order valence-electron chi connectivity index (χ0n) is 9.83. The highest BCUT2D eigenvalue weighted by molar-refractivity contribution is 7.15. The van der Waals surface area contributed by atoms with Gasteiger partial charge >= 0.3 is 6.18 Å². The summed E-state index contributed by atoms with van der Waals surface area (Å²) in [5.41, 5.74) is 6.41. The number of thiazole rings is 1. The fourth-order valence-electron chi connectivity index (χ4n) is 1.54. The van der Waals surface area contributed by atoms with Crippen LogP contribution in [0.2, 0.25) is 0 Å². The van der Waals surface area contributed by atoms with Crippen LogP contribution in [0, 0.1) is 5.82 Å². The Morgan fingerprint density at radius 1 is 1.32 bits per heavy atom. The SMILES string of the molecule is CC(N)c1ccc(F)c(-c2cnc(C(F)(F)F)s2)c1. The number of halogens is 4. The van der Waals surface area contributed by atoms with E-state index in [2.05, 4.69) is 4.98 Å². The predicted molar refractivity (Wildman–Crippen MR) is 65.1 cm³/mol. The Hall–Kier alpha value is -1.47. The van der Waals surface area contributed by atoms with Gasteiger partial charge in [0.1, 0.15) is 5.82 Å². The average Bonchev–Trinajstić information content (AvgIpc) is 2.78. The highest BCUT2D eigenvalue weighted by Gasteiger charge is 2.34. The van der Waals surface area contributed by atoms with Crippen LogP contribution in [-0.2, 0) is 6.18 Å². The molecular formula is C12H10F4N2S. The number of benzene rings is 1. The Bertz CT molecular complexity index is 590. The topological polar surface area (TPSA) is 38.9 Å². The maximum Gasteiger partial charge on any atom is 0.443 e. The summed E-state index contributed by atoms with van der Waals surface area (Å²) in [7, 11) is 0. The highest BCUT2D eigenvalue weighted by Crippen LogP contribution is 2.37. The molecule has 1 aromatic carbocycles. The lowest BCUT2D eigenvalue weighted by molar-refractivity contribution is -0.137. The van der Waals surface area contributed by atoms with E-state index in [0.29, 0.717) is 16.9 Å². The fraction of sp³-hybridized carbons (Fsp3) is 0.250. The van der Waals surface area contributed by atoms with Crippen LogP contribution in [0.15, 0.2) is 24.4 Å². The molecule has 0 fully saturated rings. The molecule has 2 nitrogen and oxygen atoms in total. The van der Waals surface area contributed by atoms with Crippen LogP contribution in [0.4, 0.5) is 17.6 Å². The first-order valence-corrected chi connectivity index (χ1v) is 6.19. The van der Waals surface area contributed by atoms with Gasteiger partial charge in [-0.15, -0.1) is 11.3 Å². The van der Waals surface area contributed by atoms with E-state index >= 15 is 0 Å². The number of hydrogen-bond acceptors (Lipinski definition) is 3. The van der Waals surface area contributed by atoms with Crippen molar-refractivity contribution in [3.05, 3.63) is 40.8 Å². The molecule has 1 aromatic heterocycles. The van der Waals surface area contributed by atoms with Crippen molar-refractivity contribution in [2.45, 2.75) is 19.1 Å². The van der Waals surface area contributed by atoms with Crippen molar-refractivity contribution in [2.24, 2.45) is 5.73 Å². The molecule has 19 heavy (non-hydrogen) atoms. The third kappa shape index (κ3) is 2.93. The molecule has 2 N–H and O–H groups in total. The fourth-order valence-corrected chi connectivity index (χ4v) is 2.35. The van der Waals surface area contributed by atoms with Gasteiger partial charge in [-0.3, -0.25) is 0 Å². The van der Waals surface area contributed by atoms with Gasteiger partial charge in [0.05, 0.1) is 4.88 Å². The molecule has 1 atom stereocenters. The maximum absolute atomic E-state index is 13.7. The summed E-state index contributed by atoms with van der Waals surface area (Å²) in [5.74, 6) is -0.596. The molecule has 0 aliphatic rings. The predicted octanol–water partition coefficient (Wildman–Crippen LogP) is 3.99. The molecule has 0 spiro atoms. The van der Waals surface area contributed by atoms with Crippen LogP contribution in [-0.4, -0.2) is 4.98 Å². The summed E-state index contributed by atoms with van der Waals surface area (Å²) < 4.78 is 51.1. The second-order valence-electron chi connectivity index (χ2n) is 4.06. The summed E-state index contributed by atoms with van der Waals surface area (Å²) in [5, 5.41) is -0.992. The number of alkyl halides is 3. The van der Waals surface area contributed by atoms with Crippen LogP contribution in [0.25, 0.3) is 10.4 Å². The minimum atomic E-state index is -4.52. The van der Waals surface area contributed by atoms with Gasteiger partial charge in [-0.05, 0) is 24.6 Å². The van der Waals surface area contributed by atoms with Crippen LogP contribution in [0.5, 0.6) is 0 Å². The van der Waals surface area contributed by atoms with E-state index in [9.17, 15) is 17.6 Å². The van der Waals surface area contributed by atoms with E-state index in [1.807, 2.05) is 0 Å². The second kappa shape index (κ2) is 4.90. The van der Waals surface area contributed by atoms with Crippen LogP contribution < -0.4 is 5.73 Å². The van der Waals surface area contributed by atoms with Gasteiger partial charge < -0.3 is 5.73 Å². The van der Waals surface area contributed by atoms with Crippen LogP contribution in [0.3, 0.4) is 0 Å². The Morgan fingerprint density at radius 3 is 2.53 bits per heavy atom. The van der Waals surface area contributed by atoms with E-state index in [0.717, 1.165) is 6.20 Å². The number of aromatic nitrogens is 1. The van der Waals surface area contributed by atoms with Gasteiger partial charge in [0, 0.05) is 17.8 Å². The normalized spacial score (nSPS) is 13.6. The number of rotatable bonds is 2. The molecule has 1 heterocycles. The third-order valence-corrected chi connectivity index (χ3v) is 3.61. The molecule has 0 bridgehead atoms. The number of hydrogen-bond donors (Lipinski definition) is 1. The van der Waals surface area contributed by atoms with Crippen LogP contribution >= 0.6 is 11.3 Å². The average molecular weight is 290 g/mol. The second-order valence-corrected chi connectivity index (χ2v) is 5.09. The Balaban J connectivity index is 2.47. The van der Waals surface area contributed by atoms with Gasteiger partial charge in [-0.2, -0.15) is 13.2 Å². The zero-order chi connectivity index (χ0) is 14.2. The minimum absolute atomic E-state index is 0.0859. The van der Waals surface area contributed by atoms with Gasteiger partial charge in [0.2, 0.25) is 0 Å². The molecular weight excluding hydrogens is 280 g/mol. The van der Waals surface area contributed by atoms with Crippen molar-refractivity contribution < 1.29 is 17.6 Å². The lowest BCUT2D eigenvalue weighted by Crippen LogP contribution is -2.05. The Kier molecular flexibility index (Phi) is 3.60. The molecule has 2 rings (SSSR count). The molecule has 0 saturated carbocycles. The maximum atomic E-state index is 13.7. The van der Waals surface area contributed by atoms with Crippen LogP contribution in [0.1, 0.15) is 23.5 Å². The van der Waals surface area contributed by atoms with Crippen molar-refractivity contribution in [1.29, 1.82) is 0 Å². The summed E-state index contributed by atoms with van der Waals surface area (Å²) in [6, 6.07) is 3.83. The van der Waals surface area contributed by atoms with Gasteiger partial charge in [0.25, 0.3) is 0 Å². The first kappa shape index (κ1) is 14.0. The van der Waals surface area contributed by atoms with E-state index in [1.54, 1.807) is 6.92 Å². The van der Waals surface area contributed by atoms with E-state index in [1.165, 1.54) is 18.2 Å². The molecule has 7 heteroatoms. The van der Waals surface area contributed by atoms with E-state index in [-0.39, 0.29) is 16.5 Å². The first-order valence-electron chi connectivity index (χ1n) is 5.37. The smallest absolute Gasteiger partial charge is 0.324 e. The molecule has 0 aliphatic heterocycles. The van der Waals surface area contributed by atoms with Crippen molar-refractivity contribution in [3.63, 3.8) is 0 Å². The standard InChI is InChI=1S/C12H10F4N2S/c1-6(17)7-2-3-9(13)8(4-7)10-5-18-11(19-10)12(14,15)16/h2-6H,17H2,1H3. The lowest BCUT2D eigenvalue weighted by atomic mass is 10.0. The largest absolute Gasteiger partial charge is 0.443 e. The van der Waals surface area contributed by atoms with Crippen molar-refractivity contribution in [2.75, 3.05) is 0 Å². The quantitative estimate of drug-likeness (QED) is 0.849.